The first-order valence-electron chi connectivity index (χ1n) is 5.73. The quantitative estimate of drug-likeness (QED) is 0.817. The zero-order chi connectivity index (χ0) is 10.8. The maximum Gasteiger partial charge on any atom is 0.0787 e. The Bertz CT molecular complexity index is 316. The summed E-state index contributed by atoms with van der Waals surface area (Å²) < 4.78 is 0. The van der Waals surface area contributed by atoms with E-state index in [2.05, 4.69) is 24.1 Å². The molecule has 2 nitrogen and oxygen atoms in total. The number of aliphatic hydroxyl groups is 1. The normalized spacial score (nSPS) is 17.5. The summed E-state index contributed by atoms with van der Waals surface area (Å²) in [6.45, 7) is 1.99. The molecular weight excluding hydrogens is 186 g/mol. The molecule has 15 heavy (non-hydrogen) atoms. The molecular formula is C13H19NO. The first kappa shape index (κ1) is 10.5. The number of nitrogens with zero attached hydrogens (tertiary/aromatic N) is 1. The first-order valence-corrected chi connectivity index (χ1v) is 5.73. The molecule has 1 aromatic rings. The maximum absolute atomic E-state index is 9.67. The fourth-order valence-corrected chi connectivity index (χ4v) is 1.84. The van der Waals surface area contributed by atoms with Gasteiger partial charge in [-0.25, -0.2) is 0 Å². The van der Waals surface area contributed by atoms with Crippen LogP contribution in [0.5, 0.6) is 0 Å². The monoisotopic (exact) mass is 205 g/mol. The molecule has 2 heteroatoms. The average Bonchev–Trinajstić information content (AvgIpc) is 3.11. The van der Waals surface area contributed by atoms with E-state index in [1.807, 2.05) is 19.1 Å². The van der Waals surface area contributed by atoms with Crippen molar-refractivity contribution in [2.24, 2.45) is 0 Å². The van der Waals surface area contributed by atoms with E-state index in [9.17, 15) is 5.11 Å². The molecule has 2 rings (SSSR count). The fourth-order valence-electron chi connectivity index (χ4n) is 1.84. The summed E-state index contributed by atoms with van der Waals surface area (Å²) in [6, 6.07) is 9.01. The van der Waals surface area contributed by atoms with Crippen LogP contribution in [0.25, 0.3) is 0 Å². The molecule has 1 N–H and O–H groups in total. The number of aliphatic hydroxyl groups excluding tert-OH is 1. The topological polar surface area (TPSA) is 23.5 Å². The van der Waals surface area contributed by atoms with E-state index in [1.54, 1.807) is 0 Å². The first-order chi connectivity index (χ1) is 7.22. The Morgan fingerprint density at radius 1 is 1.33 bits per heavy atom. The van der Waals surface area contributed by atoms with Gasteiger partial charge in [-0.3, -0.25) is 0 Å². The second-order valence-electron chi connectivity index (χ2n) is 4.36. The second kappa shape index (κ2) is 4.23. The molecule has 82 valence electrons. The van der Waals surface area contributed by atoms with Crippen LogP contribution < -0.4 is 4.90 Å². The average molecular weight is 205 g/mol. The molecule has 0 amide bonds. The van der Waals surface area contributed by atoms with Gasteiger partial charge in [0.1, 0.15) is 0 Å². The lowest BCUT2D eigenvalue weighted by Crippen LogP contribution is -2.19. The zero-order valence-corrected chi connectivity index (χ0v) is 9.48. The van der Waals surface area contributed by atoms with Gasteiger partial charge in [0, 0.05) is 18.8 Å². The smallest absolute Gasteiger partial charge is 0.0787 e. The molecule has 0 unspecified atom stereocenters. The van der Waals surface area contributed by atoms with Gasteiger partial charge in [-0.15, -0.1) is 0 Å². The minimum absolute atomic E-state index is 0.315. The van der Waals surface area contributed by atoms with Crippen LogP contribution in [0.15, 0.2) is 24.3 Å². The molecule has 1 aliphatic rings. The standard InChI is InChI=1S/C13H19NO/c1-3-13(15)10-4-6-11(7-5-10)14(2)12-8-9-12/h4-7,12-13,15H,3,8-9H2,1-2H3/t13-/m1/s1. The van der Waals surface area contributed by atoms with E-state index in [4.69, 9.17) is 0 Å². The Labute approximate surface area is 91.5 Å². The van der Waals surface area contributed by atoms with Gasteiger partial charge in [0.05, 0.1) is 6.10 Å². The van der Waals surface area contributed by atoms with Crippen LogP contribution in [0.4, 0.5) is 5.69 Å². The highest BCUT2D eigenvalue weighted by Crippen LogP contribution is 2.30. The third-order valence-electron chi connectivity index (χ3n) is 3.17. The summed E-state index contributed by atoms with van der Waals surface area (Å²) in [4.78, 5) is 2.32. The van der Waals surface area contributed by atoms with Crippen LogP contribution >= 0.6 is 0 Å². The Hall–Kier alpha value is -1.02. The summed E-state index contributed by atoms with van der Waals surface area (Å²) in [6.07, 6.45) is 3.09. The van der Waals surface area contributed by atoms with Crippen molar-refractivity contribution in [3.63, 3.8) is 0 Å². The van der Waals surface area contributed by atoms with Crippen molar-refractivity contribution in [3.8, 4) is 0 Å². The summed E-state index contributed by atoms with van der Waals surface area (Å²) in [5.41, 5.74) is 2.27. The molecule has 0 radical (unpaired) electrons. The maximum atomic E-state index is 9.67. The van der Waals surface area contributed by atoms with Crippen LogP contribution in [0, 0.1) is 0 Å². The van der Waals surface area contributed by atoms with E-state index < -0.39 is 0 Å². The Kier molecular flexibility index (Phi) is 2.96. The van der Waals surface area contributed by atoms with Gasteiger partial charge in [-0.05, 0) is 37.0 Å². The Balaban J connectivity index is 2.09. The van der Waals surface area contributed by atoms with Crippen molar-refractivity contribution in [2.45, 2.75) is 38.3 Å². The minimum Gasteiger partial charge on any atom is -0.388 e. The van der Waals surface area contributed by atoms with Gasteiger partial charge in [0.15, 0.2) is 0 Å². The van der Waals surface area contributed by atoms with Crippen molar-refractivity contribution in [3.05, 3.63) is 29.8 Å². The molecule has 0 aliphatic heterocycles. The molecule has 1 atom stereocenters. The van der Waals surface area contributed by atoms with Crippen molar-refractivity contribution < 1.29 is 5.11 Å². The summed E-state index contributed by atoms with van der Waals surface area (Å²) in [5, 5.41) is 9.67. The second-order valence-corrected chi connectivity index (χ2v) is 4.36. The lowest BCUT2D eigenvalue weighted by molar-refractivity contribution is 0.173. The van der Waals surface area contributed by atoms with E-state index in [-0.39, 0.29) is 6.10 Å². The van der Waals surface area contributed by atoms with Crippen LogP contribution in [0.1, 0.15) is 37.9 Å². The predicted molar refractivity (Wildman–Crippen MR) is 63.1 cm³/mol. The van der Waals surface area contributed by atoms with Crippen molar-refractivity contribution in [2.75, 3.05) is 11.9 Å². The predicted octanol–water partition coefficient (Wildman–Crippen LogP) is 2.73. The summed E-state index contributed by atoms with van der Waals surface area (Å²) in [7, 11) is 2.14. The number of anilines is 1. The van der Waals surface area contributed by atoms with E-state index >= 15 is 0 Å². The van der Waals surface area contributed by atoms with Gasteiger partial charge in [-0.2, -0.15) is 0 Å². The van der Waals surface area contributed by atoms with E-state index in [1.165, 1.54) is 18.5 Å². The van der Waals surface area contributed by atoms with Crippen molar-refractivity contribution in [1.29, 1.82) is 0 Å². The van der Waals surface area contributed by atoms with Gasteiger partial charge in [-0.1, -0.05) is 19.1 Å². The van der Waals surface area contributed by atoms with Gasteiger partial charge in [0.2, 0.25) is 0 Å². The largest absolute Gasteiger partial charge is 0.388 e. The zero-order valence-electron chi connectivity index (χ0n) is 9.48. The van der Waals surface area contributed by atoms with Gasteiger partial charge in [0.25, 0.3) is 0 Å². The highest BCUT2D eigenvalue weighted by molar-refractivity contribution is 5.49. The van der Waals surface area contributed by atoms with Crippen LogP contribution in [-0.2, 0) is 0 Å². The number of rotatable bonds is 4. The third kappa shape index (κ3) is 2.32. The number of benzene rings is 1. The highest BCUT2D eigenvalue weighted by atomic mass is 16.3. The summed E-state index contributed by atoms with van der Waals surface area (Å²) >= 11 is 0. The molecule has 0 heterocycles. The Morgan fingerprint density at radius 2 is 1.93 bits per heavy atom. The minimum atomic E-state index is -0.315. The molecule has 0 saturated heterocycles. The number of hydrogen-bond donors (Lipinski definition) is 1. The third-order valence-corrected chi connectivity index (χ3v) is 3.17. The van der Waals surface area contributed by atoms with Crippen LogP contribution in [-0.4, -0.2) is 18.2 Å². The Morgan fingerprint density at radius 3 is 2.40 bits per heavy atom. The highest BCUT2D eigenvalue weighted by Gasteiger charge is 2.26. The SMILES string of the molecule is CC[C@@H](O)c1ccc(N(C)C2CC2)cc1. The summed E-state index contributed by atoms with van der Waals surface area (Å²) in [5.74, 6) is 0. The van der Waals surface area contributed by atoms with E-state index in [0.29, 0.717) is 0 Å². The molecule has 1 aromatic carbocycles. The van der Waals surface area contributed by atoms with Gasteiger partial charge >= 0.3 is 0 Å². The number of hydrogen-bond acceptors (Lipinski definition) is 2. The van der Waals surface area contributed by atoms with Crippen molar-refractivity contribution in [1.82, 2.24) is 0 Å². The van der Waals surface area contributed by atoms with Crippen LogP contribution in [0.3, 0.4) is 0 Å². The van der Waals surface area contributed by atoms with Gasteiger partial charge < -0.3 is 10.0 Å². The molecule has 1 fully saturated rings. The lowest BCUT2D eigenvalue weighted by Gasteiger charge is -2.19. The molecule has 0 spiro atoms. The molecule has 1 aliphatic carbocycles. The lowest BCUT2D eigenvalue weighted by atomic mass is 10.1. The van der Waals surface area contributed by atoms with Crippen LogP contribution in [0.2, 0.25) is 0 Å². The molecule has 0 aromatic heterocycles. The van der Waals surface area contributed by atoms with Crippen molar-refractivity contribution >= 4 is 5.69 Å². The fraction of sp³-hybridized carbons (Fsp3) is 0.538. The van der Waals surface area contributed by atoms with E-state index in [0.717, 1.165) is 18.0 Å². The molecule has 1 saturated carbocycles. The molecule has 0 bridgehead atoms.